The van der Waals surface area contributed by atoms with Crippen LogP contribution >= 0.6 is 45.3 Å². The molecule has 0 bridgehead atoms. The summed E-state index contributed by atoms with van der Waals surface area (Å²) in [5, 5.41) is 59.6. The molecule has 1 fully saturated rings. The van der Waals surface area contributed by atoms with Crippen LogP contribution in [-0.4, -0.2) is 106 Å². The maximum Gasteiger partial charge on any atom is 0.309 e. The summed E-state index contributed by atoms with van der Waals surface area (Å²) in [5.74, 6) is -3.22. The highest BCUT2D eigenvalue weighted by Crippen LogP contribution is 2.35. The first-order valence-electron chi connectivity index (χ1n) is 24.0. The number of rotatable bonds is 4. The molecular formula is C52H79IN2O11S2. The van der Waals surface area contributed by atoms with Gasteiger partial charge in [-0.05, 0) is 94.9 Å². The van der Waals surface area contributed by atoms with Gasteiger partial charge in [-0.3, -0.25) is 19.2 Å². The number of hydrogen-bond donors (Lipinski definition) is 5. The van der Waals surface area contributed by atoms with Gasteiger partial charge in [0.2, 0.25) is 0 Å². The predicted molar refractivity (Wildman–Crippen MR) is 278 cm³/mol. The molecular weight excluding hydrogens is 1020 g/mol. The minimum absolute atomic E-state index is 0.0392. The molecule has 0 amide bonds. The fraction of sp³-hybridized carbons (Fsp3) is 0.692. The van der Waals surface area contributed by atoms with Gasteiger partial charge < -0.3 is 35.0 Å². The van der Waals surface area contributed by atoms with Gasteiger partial charge in [0, 0.05) is 39.4 Å². The number of ether oxygens (including phenoxy) is 2. The van der Waals surface area contributed by atoms with Gasteiger partial charge in [-0.2, -0.15) is 0 Å². The van der Waals surface area contributed by atoms with Crippen LogP contribution in [0.3, 0.4) is 0 Å². The quantitative estimate of drug-likeness (QED) is 0.0837. The fourth-order valence-electron chi connectivity index (χ4n) is 8.66. The lowest BCUT2D eigenvalue weighted by molar-refractivity contribution is -0.156. The lowest BCUT2D eigenvalue weighted by Crippen LogP contribution is -2.45. The lowest BCUT2D eigenvalue weighted by atomic mass is 9.73. The van der Waals surface area contributed by atoms with E-state index >= 15 is 0 Å². The van der Waals surface area contributed by atoms with Crippen LogP contribution in [0.5, 0.6) is 0 Å². The number of halogens is 1. The van der Waals surface area contributed by atoms with E-state index in [0.29, 0.717) is 32.1 Å². The van der Waals surface area contributed by atoms with Crippen molar-refractivity contribution in [1.29, 1.82) is 0 Å². The van der Waals surface area contributed by atoms with Crippen LogP contribution in [0, 0.1) is 48.3 Å². The van der Waals surface area contributed by atoms with Crippen molar-refractivity contribution in [3.63, 3.8) is 0 Å². The zero-order valence-corrected chi connectivity index (χ0v) is 46.0. The number of cyclic esters (lactones) is 2. The van der Waals surface area contributed by atoms with Gasteiger partial charge in [0.05, 0.1) is 75.6 Å². The van der Waals surface area contributed by atoms with E-state index in [1.165, 1.54) is 11.3 Å². The predicted octanol–water partition coefficient (Wildman–Crippen LogP) is 9.36. The van der Waals surface area contributed by atoms with E-state index in [1.807, 2.05) is 70.5 Å². The van der Waals surface area contributed by atoms with Crippen LogP contribution in [0.25, 0.3) is 12.2 Å². The molecule has 2 aliphatic heterocycles. The van der Waals surface area contributed by atoms with E-state index < -0.39 is 77.3 Å². The third-order valence-electron chi connectivity index (χ3n) is 13.8. The van der Waals surface area contributed by atoms with Gasteiger partial charge in [0.15, 0.2) is 0 Å². The Balaban J connectivity index is 0.000000361. The number of ketones is 2. The van der Waals surface area contributed by atoms with Crippen molar-refractivity contribution in [3.8, 4) is 0 Å². The first-order chi connectivity index (χ1) is 31.7. The van der Waals surface area contributed by atoms with Crippen molar-refractivity contribution in [2.24, 2.45) is 34.5 Å². The van der Waals surface area contributed by atoms with E-state index in [1.54, 1.807) is 52.9 Å². The van der Waals surface area contributed by atoms with Gasteiger partial charge in [-0.1, -0.05) is 96.6 Å². The largest absolute Gasteiger partial charge is 0.458 e. The standard InChI is InChI=1S/C26H40INO6S.C26H39NO5S/c1-14-8-7-9-20(29)19(27)11-21(15(2)10-18-13-35-17(4)28-18)34-23(31)12-22(30)26(5,6)25(33)16(3)24(14)32;1-16-11-9-7-8-10-12-21(17(2)13-20-15-33-19(4)27-20)32-23(29)14-22(28)26(5,6)25(31)18(3)24(16)30/h10,13-14,16,19-22,24,29-30,32H,7-9,11-12H2,1-6H3;8,10,13,15-16,18,21-22,24,28,30H,7,9,11-12,14H2,1-6H3/b15-10+;10-8-,17-13+/t14-,16+,19+,20+,21-,22-,24-;16-,18+,21-,22-,24-/m00/s1. The Bertz CT molecular complexity index is 2060. The number of esters is 2. The van der Waals surface area contributed by atoms with Gasteiger partial charge in [-0.15, -0.1) is 22.7 Å². The van der Waals surface area contributed by atoms with Crippen LogP contribution in [0.1, 0.15) is 155 Å². The molecule has 12 atom stereocenters. The number of aryl methyl sites for hydroxylation is 2. The number of allylic oxidation sites excluding steroid dienone is 1. The molecule has 0 unspecified atom stereocenters. The van der Waals surface area contributed by atoms with E-state index in [9.17, 15) is 44.7 Å². The molecule has 4 heterocycles. The number of alkyl halides is 1. The molecule has 382 valence electrons. The second kappa shape index (κ2) is 27.2. The van der Waals surface area contributed by atoms with E-state index in [4.69, 9.17) is 9.47 Å². The summed E-state index contributed by atoms with van der Waals surface area (Å²) >= 11 is 5.29. The Labute approximate surface area is 426 Å². The van der Waals surface area contributed by atoms with Gasteiger partial charge in [0.1, 0.15) is 23.8 Å². The summed E-state index contributed by atoms with van der Waals surface area (Å²) in [6.45, 7) is 21.3. The number of aromatic nitrogens is 2. The van der Waals surface area contributed by atoms with Gasteiger partial charge in [-0.25, -0.2) is 9.97 Å². The van der Waals surface area contributed by atoms with Crippen molar-refractivity contribution in [3.05, 3.63) is 55.5 Å². The number of nitrogens with zero attached hydrogens (tertiary/aromatic N) is 2. The highest BCUT2D eigenvalue weighted by atomic mass is 127. The molecule has 13 nitrogen and oxygen atoms in total. The first-order valence-corrected chi connectivity index (χ1v) is 27.0. The summed E-state index contributed by atoms with van der Waals surface area (Å²) in [5.41, 5.74) is 0.872. The fourth-order valence-corrected chi connectivity index (χ4v) is 10.6. The van der Waals surface area contributed by atoms with Crippen LogP contribution in [0.2, 0.25) is 0 Å². The molecule has 0 radical (unpaired) electrons. The van der Waals surface area contributed by atoms with Crippen molar-refractivity contribution in [2.45, 2.75) is 194 Å². The zero-order valence-electron chi connectivity index (χ0n) is 42.2. The maximum absolute atomic E-state index is 13.2. The van der Waals surface area contributed by atoms with Crippen molar-refractivity contribution in [1.82, 2.24) is 9.97 Å². The zero-order chi connectivity index (χ0) is 51.3. The van der Waals surface area contributed by atoms with Crippen LogP contribution < -0.4 is 0 Å². The lowest BCUT2D eigenvalue weighted by Gasteiger charge is -2.35. The minimum Gasteiger partial charge on any atom is -0.458 e. The average molecular weight is 1100 g/mol. The molecule has 4 rings (SSSR count). The molecule has 1 saturated heterocycles. The molecule has 0 aromatic carbocycles. The monoisotopic (exact) mass is 1100 g/mol. The summed E-state index contributed by atoms with van der Waals surface area (Å²) in [7, 11) is 0. The number of aliphatic hydroxyl groups excluding tert-OH is 5. The summed E-state index contributed by atoms with van der Waals surface area (Å²) in [4.78, 5) is 60.8. The number of thiazole rings is 2. The Hall–Kier alpha value is -2.71. The molecule has 2 aliphatic rings. The Morgan fingerprint density at radius 1 is 0.676 bits per heavy atom. The molecule has 2 aromatic rings. The van der Waals surface area contributed by atoms with Gasteiger partial charge in [0.25, 0.3) is 0 Å². The molecule has 5 N–H and O–H groups in total. The Morgan fingerprint density at radius 2 is 1.10 bits per heavy atom. The molecule has 0 spiro atoms. The smallest absolute Gasteiger partial charge is 0.309 e. The second-order valence-electron chi connectivity index (χ2n) is 20.3. The first kappa shape index (κ1) is 59.6. The van der Waals surface area contributed by atoms with E-state index in [0.717, 1.165) is 51.8 Å². The van der Waals surface area contributed by atoms with Crippen LogP contribution in [0.15, 0.2) is 34.1 Å². The highest BCUT2D eigenvalue weighted by molar-refractivity contribution is 14.1. The number of carbonyl (C=O) groups is 4. The average Bonchev–Trinajstić information content (AvgIpc) is 3.89. The third-order valence-corrected chi connectivity index (χ3v) is 16.7. The summed E-state index contributed by atoms with van der Waals surface area (Å²) < 4.78 is 11.4. The Morgan fingerprint density at radius 3 is 1.54 bits per heavy atom. The topological polar surface area (TPSA) is 214 Å². The van der Waals surface area contributed by atoms with Crippen molar-refractivity contribution in [2.75, 3.05) is 0 Å². The molecule has 2 aromatic heterocycles. The number of carbonyl (C=O) groups excluding carboxylic acids is 4. The van der Waals surface area contributed by atoms with E-state index in [-0.39, 0.29) is 40.2 Å². The maximum atomic E-state index is 13.2. The molecule has 68 heavy (non-hydrogen) atoms. The number of Topliss-reactive ketones (excluding diaryl/α,β-unsaturated/α-hetero) is 2. The molecule has 16 heteroatoms. The normalized spacial score (nSPS) is 33.1. The highest BCUT2D eigenvalue weighted by Gasteiger charge is 2.44. The SMILES string of the molecule is C/C(=C\c1csc(C)n1)[C@@H]1C/C=C\CCC[C@H](C)[C@H](O)[C@@H](C)C(=O)C(C)(C)[C@@H](O)CC(=O)O1.C/C(=C\c1csc(C)n1)[C@@H]1C[C@@H](I)[C@H](O)CCC[C@H](C)[C@H](O)[C@@H](C)C(=O)C(C)(C)[C@@H](O)CC(=O)O1. The van der Waals surface area contributed by atoms with Gasteiger partial charge >= 0.3 is 11.9 Å². The molecule has 0 aliphatic carbocycles. The van der Waals surface area contributed by atoms with Crippen LogP contribution in [0.4, 0.5) is 0 Å². The molecule has 0 saturated carbocycles. The van der Waals surface area contributed by atoms with Crippen LogP contribution in [-0.2, 0) is 28.7 Å². The Kier molecular flexibility index (Phi) is 23.8. The third kappa shape index (κ3) is 17.5. The number of aliphatic hydroxyl groups is 5. The summed E-state index contributed by atoms with van der Waals surface area (Å²) in [6.07, 6.45) is 6.81. The minimum atomic E-state index is -1.26. The van der Waals surface area contributed by atoms with Crippen molar-refractivity contribution < 1.29 is 54.2 Å². The van der Waals surface area contributed by atoms with E-state index in [2.05, 4.69) is 38.6 Å². The second-order valence-corrected chi connectivity index (χ2v) is 24.1. The summed E-state index contributed by atoms with van der Waals surface area (Å²) in [6, 6.07) is 0. The van der Waals surface area contributed by atoms with Crippen molar-refractivity contribution >= 4 is 80.9 Å². The number of hydrogen-bond acceptors (Lipinski definition) is 15.